The number of aryl methyl sites for hydroxylation is 1. The van der Waals surface area contributed by atoms with E-state index in [1.54, 1.807) is 0 Å². The lowest BCUT2D eigenvalue weighted by atomic mass is 10.1. The van der Waals surface area contributed by atoms with Crippen molar-refractivity contribution in [3.8, 4) is 0 Å². The molecule has 0 fully saturated rings. The molecule has 0 amide bonds. The van der Waals surface area contributed by atoms with E-state index in [1.165, 1.54) is 0 Å². The molecule has 1 nitrogen and oxygen atoms in total. The summed E-state index contributed by atoms with van der Waals surface area (Å²) in [5.41, 5.74) is 8.51. The summed E-state index contributed by atoms with van der Waals surface area (Å²) in [5, 5.41) is 0.799. The lowest BCUT2D eigenvalue weighted by Gasteiger charge is -1.98. The lowest BCUT2D eigenvalue weighted by Crippen LogP contribution is -1.87. The van der Waals surface area contributed by atoms with E-state index in [4.69, 9.17) is 17.3 Å². The molecule has 0 heterocycles. The Morgan fingerprint density at radius 3 is 2.71 bits per heavy atom. The molecule has 0 spiro atoms. The largest absolute Gasteiger partial charge is 0.402 e. The van der Waals surface area contributed by atoms with Crippen molar-refractivity contribution in [2.45, 2.75) is 13.8 Å². The minimum Gasteiger partial charge on any atom is -0.402 e. The fourth-order valence-corrected chi connectivity index (χ4v) is 1.20. The molecular formula is C12H14ClN. The SMILES string of the molecule is C/C(N)=C\C=C/c1ccc(Cl)c(C)c1. The molecule has 2 heteroatoms. The molecule has 0 atom stereocenters. The number of benzene rings is 1. The molecule has 0 saturated carbocycles. The van der Waals surface area contributed by atoms with Gasteiger partial charge in [0.25, 0.3) is 0 Å². The van der Waals surface area contributed by atoms with Crippen LogP contribution in [0.2, 0.25) is 5.02 Å². The Morgan fingerprint density at radius 2 is 2.14 bits per heavy atom. The molecule has 0 aliphatic rings. The predicted molar refractivity (Wildman–Crippen MR) is 63.2 cm³/mol. The van der Waals surface area contributed by atoms with Gasteiger partial charge in [-0.2, -0.15) is 0 Å². The first-order chi connectivity index (χ1) is 6.59. The molecule has 74 valence electrons. The van der Waals surface area contributed by atoms with Gasteiger partial charge in [-0.25, -0.2) is 0 Å². The molecule has 0 aliphatic heterocycles. The first-order valence-corrected chi connectivity index (χ1v) is 4.84. The summed E-state index contributed by atoms with van der Waals surface area (Å²) in [7, 11) is 0. The Bertz CT molecular complexity index is 374. The average molecular weight is 208 g/mol. The monoisotopic (exact) mass is 207 g/mol. The fourth-order valence-electron chi connectivity index (χ4n) is 1.08. The molecular weight excluding hydrogens is 194 g/mol. The third kappa shape index (κ3) is 3.27. The number of hydrogen-bond donors (Lipinski definition) is 1. The van der Waals surface area contributed by atoms with Gasteiger partial charge in [-0.3, -0.25) is 0 Å². The Morgan fingerprint density at radius 1 is 1.43 bits per heavy atom. The normalized spacial score (nSPS) is 12.4. The number of nitrogens with two attached hydrogens (primary N) is 1. The molecule has 2 N–H and O–H groups in total. The predicted octanol–water partition coefficient (Wildman–Crippen LogP) is 3.52. The van der Waals surface area contributed by atoms with E-state index in [-0.39, 0.29) is 0 Å². The summed E-state index contributed by atoms with van der Waals surface area (Å²) < 4.78 is 0. The average Bonchev–Trinajstić information content (AvgIpc) is 2.10. The molecule has 1 aromatic rings. The van der Waals surface area contributed by atoms with Crippen molar-refractivity contribution >= 4 is 17.7 Å². The highest BCUT2D eigenvalue weighted by Gasteiger charge is 1.93. The van der Waals surface area contributed by atoms with Crippen LogP contribution in [0.25, 0.3) is 6.08 Å². The molecule has 0 radical (unpaired) electrons. The lowest BCUT2D eigenvalue weighted by molar-refractivity contribution is 1.32. The van der Waals surface area contributed by atoms with Crippen molar-refractivity contribution in [3.63, 3.8) is 0 Å². The summed E-state index contributed by atoms with van der Waals surface area (Å²) in [4.78, 5) is 0. The van der Waals surface area contributed by atoms with Crippen LogP contribution in [0.5, 0.6) is 0 Å². The molecule has 0 aliphatic carbocycles. The minimum absolute atomic E-state index is 0.798. The van der Waals surface area contributed by atoms with Gasteiger partial charge in [0.15, 0.2) is 0 Å². The van der Waals surface area contributed by atoms with Gasteiger partial charge in [0.1, 0.15) is 0 Å². The maximum Gasteiger partial charge on any atom is 0.0435 e. The number of allylic oxidation sites excluding steroid dienone is 3. The molecule has 1 rings (SSSR count). The van der Waals surface area contributed by atoms with Crippen molar-refractivity contribution < 1.29 is 0 Å². The number of hydrogen-bond acceptors (Lipinski definition) is 1. The van der Waals surface area contributed by atoms with Gasteiger partial charge in [-0.15, -0.1) is 0 Å². The Labute approximate surface area is 89.9 Å². The summed E-state index contributed by atoms with van der Waals surface area (Å²) >= 11 is 5.91. The van der Waals surface area contributed by atoms with Crippen LogP contribution in [-0.2, 0) is 0 Å². The van der Waals surface area contributed by atoms with E-state index >= 15 is 0 Å². The maximum atomic E-state index is 5.91. The molecule has 0 saturated heterocycles. The smallest absolute Gasteiger partial charge is 0.0435 e. The van der Waals surface area contributed by atoms with Crippen LogP contribution in [0, 0.1) is 6.92 Å². The van der Waals surface area contributed by atoms with E-state index in [0.717, 1.165) is 21.8 Å². The van der Waals surface area contributed by atoms with Crippen LogP contribution in [-0.4, -0.2) is 0 Å². The van der Waals surface area contributed by atoms with Crippen molar-refractivity contribution in [1.29, 1.82) is 0 Å². The van der Waals surface area contributed by atoms with Crippen molar-refractivity contribution in [3.05, 3.63) is 52.2 Å². The first kappa shape index (κ1) is 10.9. The second kappa shape index (κ2) is 4.87. The molecule has 0 bridgehead atoms. The zero-order chi connectivity index (χ0) is 10.6. The Balaban J connectivity index is 2.83. The van der Waals surface area contributed by atoms with Crippen LogP contribution in [0.15, 0.2) is 36.0 Å². The second-order valence-corrected chi connectivity index (χ2v) is 3.69. The van der Waals surface area contributed by atoms with Gasteiger partial charge in [-0.05, 0) is 37.1 Å². The first-order valence-electron chi connectivity index (χ1n) is 4.46. The van der Waals surface area contributed by atoms with E-state index in [2.05, 4.69) is 0 Å². The van der Waals surface area contributed by atoms with Gasteiger partial charge in [0, 0.05) is 10.7 Å². The van der Waals surface area contributed by atoms with Gasteiger partial charge in [0.2, 0.25) is 0 Å². The van der Waals surface area contributed by atoms with Crippen LogP contribution in [0.3, 0.4) is 0 Å². The van der Waals surface area contributed by atoms with E-state index < -0.39 is 0 Å². The molecule has 14 heavy (non-hydrogen) atoms. The van der Waals surface area contributed by atoms with E-state index in [1.807, 2.05) is 50.3 Å². The zero-order valence-electron chi connectivity index (χ0n) is 8.42. The highest BCUT2D eigenvalue weighted by molar-refractivity contribution is 6.31. The van der Waals surface area contributed by atoms with Crippen molar-refractivity contribution in [1.82, 2.24) is 0 Å². The molecule has 0 unspecified atom stereocenters. The molecule has 0 aromatic heterocycles. The third-order valence-electron chi connectivity index (χ3n) is 1.83. The van der Waals surface area contributed by atoms with Crippen LogP contribution < -0.4 is 5.73 Å². The quantitative estimate of drug-likeness (QED) is 0.738. The van der Waals surface area contributed by atoms with E-state index in [0.29, 0.717) is 0 Å². The van der Waals surface area contributed by atoms with Crippen LogP contribution in [0.4, 0.5) is 0 Å². The second-order valence-electron chi connectivity index (χ2n) is 3.28. The summed E-state index contributed by atoms with van der Waals surface area (Å²) in [5.74, 6) is 0. The van der Waals surface area contributed by atoms with Crippen molar-refractivity contribution in [2.24, 2.45) is 5.73 Å². The van der Waals surface area contributed by atoms with Gasteiger partial charge in [0.05, 0.1) is 0 Å². The summed E-state index contributed by atoms with van der Waals surface area (Å²) in [6.07, 6.45) is 5.79. The maximum absolute atomic E-state index is 5.91. The van der Waals surface area contributed by atoms with Gasteiger partial charge in [-0.1, -0.05) is 35.9 Å². The van der Waals surface area contributed by atoms with E-state index in [9.17, 15) is 0 Å². The third-order valence-corrected chi connectivity index (χ3v) is 2.25. The van der Waals surface area contributed by atoms with Gasteiger partial charge >= 0.3 is 0 Å². The number of halogens is 1. The standard InChI is InChI=1S/C12H14ClN/c1-9-8-11(6-7-12(9)13)5-3-4-10(2)14/h3-8H,14H2,1-2H3/b5-3-,10-4+. The van der Waals surface area contributed by atoms with Crippen molar-refractivity contribution in [2.75, 3.05) is 0 Å². The minimum atomic E-state index is 0.798. The zero-order valence-corrected chi connectivity index (χ0v) is 9.18. The Kier molecular flexibility index (Phi) is 3.78. The fraction of sp³-hybridized carbons (Fsp3) is 0.167. The molecule has 1 aromatic carbocycles. The number of rotatable bonds is 2. The Hall–Kier alpha value is -1.21. The van der Waals surface area contributed by atoms with Crippen LogP contribution in [0.1, 0.15) is 18.1 Å². The topological polar surface area (TPSA) is 26.0 Å². The van der Waals surface area contributed by atoms with Gasteiger partial charge < -0.3 is 5.73 Å². The van der Waals surface area contributed by atoms with Crippen LogP contribution >= 0.6 is 11.6 Å². The summed E-state index contributed by atoms with van der Waals surface area (Å²) in [6.45, 7) is 3.85. The summed E-state index contributed by atoms with van der Waals surface area (Å²) in [6, 6.07) is 5.92. The highest BCUT2D eigenvalue weighted by Crippen LogP contribution is 2.16. The highest BCUT2D eigenvalue weighted by atomic mass is 35.5.